The van der Waals surface area contributed by atoms with Crippen LogP contribution in [0.5, 0.6) is 5.75 Å². The van der Waals surface area contributed by atoms with Gasteiger partial charge in [-0.05, 0) is 35.2 Å². The van der Waals surface area contributed by atoms with E-state index in [-0.39, 0.29) is 11.5 Å². The van der Waals surface area contributed by atoms with Crippen molar-refractivity contribution in [3.63, 3.8) is 0 Å². The fourth-order valence-electron chi connectivity index (χ4n) is 2.29. The lowest BCUT2D eigenvalue weighted by Gasteiger charge is -2.05. The molecule has 0 radical (unpaired) electrons. The van der Waals surface area contributed by atoms with Crippen LogP contribution in [0.4, 0.5) is 0 Å². The molecule has 0 saturated carbocycles. The van der Waals surface area contributed by atoms with Crippen LogP contribution in [-0.4, -0.2) is 10.9 Å². The number of allylic oxidation sites excluding steroid dienone is 1. The van der Waals surface area contributed by atoms with Crippen LogP contribution in [0.2, 0.25) is 0 Å². The van der Waals surface area contributed by atoms with Gasteiger partial charge in [-0.3, -0.25) is 4.79 Å². The number of ketones is 1. The highest BCUT2D eigenvalue weighted by atomic mass is 79.9. The van der Waals surface area contributed by atoms with Crippen LogP contribution >= 0.6 is 15.9 Å². The zero-order chi connectivity index (χ0) is 15.5. The first kappa shape index (κ1) is 14.5. The van der Waals surface area contributed by atoms with Crippen molar-refractivity contribution >= 4 is 38.6 Å². The van der Waals surface area contributed by atoms with E-state index in [1.165, 1.54) is 6.08 Å². The van der Waals surface area contributed by atoms with Crippen LogP contribution in [0.1, 0.15) is 15.9 Å². The predicted molar refractivity (Wildman–Crippen MR) is 93.1 cm³/mol. The van der Waals surface area contributed by atoms with Gasteiger partial charge in [-0.15, -0.1) is 0 Å². The van der Waals surface area contributed by atoms with E-state index >= 15 is 0 Å². The summed E-state index contributed by atoms with van der Waals surface area (Å²) in [7, 11) is 0. The molecule has 0 aliphatic carbocycles. The molecular weight excluding hydrogens is 340 g/mol. The van der Waals surface area contributed by atoms with Gasteiger partial charge in [0.15, 0.2) is 5.78 Å². The molecule has 3 heteroatoms. The molecular formula is C19H13BrO2. The van der Waals surface area contributed by atoms with Crippen LogP contribution in [-0.2, 0) is 0 Å². The number of carbonyl (C=O) groups is 1. The van der Waals surface area contributed by atoms with Crippen molar-refractivity contribution in [3.8, 4) is 5.75 Å². The molecule has 2 nitrogen and oxygen atoms in total. The normalized spacial score (nSPS) is 11.1. The summed E-state index contributed by atoms with van der Waals surface area (Å²) in [6.45, 7) is 0. The van der Waals surface area contributed by atoms with E-state index in [1.54, 1.807) is 18.2 Å². The van der Waals surface area contributed by atoms with E-state index < -0.39 is 0 Å². The topological polar surface area (TPSA) is 37.3 Å². The third-order valence-corrected chi connectivity index (χ3v) is 3.99. The van der Waals surface area contributed by atoms with E-state index in [0.29, 0.717) is 10.9 Å². The minimum Gasteiger partial charge on any atom is -0.507 e. The molecule has 0 aliphatic heterocycles. The van der Waals surface area contributed by atoms with Gasteiger partial charge in [-0.25, -0.2) is 0 Å². The molecule has 1 N–H and O–H groups in total. The molecule has 3 aromatic rings. The summed E-state index contributed by atoms with van der Waals surface area (Å²) in [5, 5.41) is 11.9. The smallest absolute Gasteiger partial charge is 0.189 e. The number of fused-ring (bicyclic) bond motifs is 1. The second-order valence-corrected chi connectivity index (χ2v) is 5.85. The second kappa shape index (κ2) is 6.16. The molecule has 108 valence electrons. The van der Waals surface area contributed by atoms with Gasteiger partial charge in [0.2, 0.25) is 0 Å². The maximum Gasteiger partial charge on any atom is 0.189 e. The van der Waals surface area contributed by atoms with Gasteiger partial charge in [0, 0.05) is 9.86 Å². The zero-order valence-electron chi connectivity index (χ0n) is 11.7. The van der Waals surface area contributed by atoms with Gasteiger partial charge < -0.3 is 5.11 Å². The lowest BCUT2D eigenvalue weighted by Crippen LogP contribution is -1.95. The van der Waals surface area contributed by atoms with Crippen LogP contribution in [0.3, 0.4) is 0 Å². The molecule has 0 amide bonds. The molecule has 0 spiro atoms. The van der Waals surface area contributed by atoms with Gasteiger partial charge in [-0.1, -0.05) is 64.5 Å². The average molecular weight is 353 g/mol. The number of hydrogen-bond acceptors (Lipinski definition) is 2. The second-order valence-electron chi connectivity index (χ2n) is 4.93. The Balaban J connectivity index is 1.92. The summed E-state index contributed by atoms with van der Waals surface area (Å²) < 4.78 is 0.989. The fourth-order valence-corrected chi connectivity index (χ4v) is 2.55. The van der Waals surface area contributed by atoms with Crippen molar-refractivity contribution in [2.75, 3.05) is 0 Å². The molecule has 0 heterocycles. The van der Waals surface area contributed by atoms with Crippen LogP contribution in [0, 0.1) is 0 Å². The first-order valence-corrected chi connectivity index (χ1v) is 7.63. The number of halogens is 1. The van der Waals surface area contributed by atoms with Crippen molar-refractivity contribution in [2.45, 2.75) is 0 Å². The Bertz CT molecular complexity index is 864. The Morgan fingerprint density at radius 1 is 0.955 bits per heavy atom. The third-order valence-electron chi connectivity index (χ3n) is 3.46. The molecule has 0 fully saturated rings. The molecule has 0 aromatic heterocycles. The zero-order valence-corrected chi connectivity index (χ0v) is 13.2. The van der Waals surface area contributed by atoms with Gasteiger partial charge in [0.05, 0.1) is 5.56 Å². The first-order chi connectivity index (χ1) is 10.6. The van der Waals surface area contributed by atoms with E-state index in [0.717, 1.165) is 15.4 Å². The lowest BCUT2D eigenvalue weighted by atomic mass is 10.0. The van der Waals surface area contributed by atoms with Crippen molar-refractivity contribution < 1.29 is 9.90 Å². The van der Waals surface area contributed by atoms with E-state index in [2.05, 4.69) is 15.9 Å². The number of aromatic hydroxyl groups is 1. The lowest BCUT2D eigenvalue weighted by molar-refractivity contribution is 0.104. The minimum absolute atomic E-state index is 0.0311. The Hall–Kier alpha value is -2.39. The average Bonchev–Trinajstić information content (AvgIpc) is 2.55. The highest BCUT2D eigenvalue weighted by Crippen LogP contribution is 2.29. The van der Waals surface area contributed by atoms with Crippen molar-refractivity contribution in [1.29, 1.82) is 0 Å². The molecule has 3 aromatic carbocycles. The summed E-state index contributed by atoms with van der Waals surface area (Å²) in [5.74, 6) is -0.185. The molecule has 22 heavy (non-hydrogen) atoms. The summed E-state index contributed by atoms with van der Waals surface area (Å²) in [6.07, 6.45) is 3.22. The minimum atomic E-state index is -0.217. The standard InChI is InChI=1S/C19H13BrO2/c20-15-9-5-13(6-10-15)7-12-18(21)17-11-8-14-3-1-2-4-16(14)19(17)22/h1-12,22H/b12-7+. The number of rotatable bonds is 3. The maximum absolute atomic E-state index is 12.3. The summed E-state index contributed by atoms with van der Waals surface area (Å²) >= 11 is 3.37. The monoisotopic (exact) mass is 352 g/mol. The first-order valence-electron chi connectivity index (χ1n) is 6.84. The molecule has 0 bridgehead atoms. The highest BCUT2D eigenvalue weighted by molar-refractivity contribution is 9.10. The largest absolute Gasteiger partial charge is 0.507 e. The van der Waals surface area contributed by atoms with E-state index in [1.807, 2.05) is 48.5 Å². The van der Waals surface area contributed by atoms with Crippen LogP contribution in [0.25, 0.3) is 16.8 Å². The molecule has 0 saturated heterocycles. The van der Waals surface area contributed by atoms with E-state index in [9.17, 15) is 9.90 Å². The third kappa shape index (κ3) is 2.95. The number of phenols is 1. The molecule has 0 aliphatic rings. The molecule has 0 atom stereocenters. The van der Waals surface area contributed by atoms with Gasteiger partial charge in [0.1, 0.15) is 5.75 Å². The Kier molecular flexibility index (Phi) is 4.07. The van der Waals surface area contributed by atoms with Crippen molar-refractivity contribution in [3.05, 3.63) is 82.3 Å². The number of benzene rings is 3. The van der Waals surface area contributed by atoms with Gasteiger partial charge in [0.25, 0.3) is 0 Å². The van der Waals surface area contributed by atoms with Crippen molar-refractivity contribution in [1.82, 2.24) is 0 Å². The maximum atomic E-state index is 12.3. The fraction of sp³-hybridized carbons (Fsp3) is 0. The van der Waals surface area contributed by atoms with Gasteiger partial charge in [-0.2, -0.15) is 0 Å². The molecule has 3 rings (SSSR count). The Labute approximate surface area is 136 Å². The molecule has 0 unspecified atom stereocenters. The Morgan fingerprint density at radius 2 is 1.68 bits per heavy atom. The van der Waals surface area contributed by atoms with Crippen LogP contribution in [0.15, 0.2) is 71.2 Å². The van der Waals surface area contributed by atoms with Gasteiger partial charge >= 0.3 is 0 Å². The predicted octanol–water partition coefficient (Wildman–Crippen LogP) is 5.20. The van der Waals surface area contributed by atoms with Crippen molar-refractivity contribution in [2.24, 2.45) is 0 Å². The summed E-state index contributed by atoms with van der Waals surface area (Å²) in [5.41, 5.74) is 1.24. The quantitative estimate of drug-likeness (QED) is 0.519. The number of phenolic OH excluding ortho intramolecular Hbond substituents is 1. The number of carbonyl (C=O) groups excluding carboxylic acids is 1. The Morgan fingerprint density at radius 3 is 2.45 bits per heavy atom. The highest BCUT2D eigenvalue weighted by Gasteiger charge is 2.11. The number of hydrogen-bond donors (Lipinski definition) is 1. The SMILES string of the molecule is O=C(/C=C/c1ccc(Br)cc1)c1ccc2ccccc2c1O. The van der Waals surface area contributed by atoms with Crippen LogP contribution < -0.4 is 0 Å². The van der Waals surface area contributed by atoms with E-state index in [4.69, 9.17) is 0 Å². The summed E-state index contributed by atoms with van der Waals surface area (Å²) in [4.78, 5) is 12.3. The summed E-state index contributed by atoms with van der Waals surface area (Å²) in [6, 6.07) is 18.6.